The largest absolute Gasteiger partial charge is 0.384 e. The van der Waals surface area contributed by atoms with E-state index in [9.17, 15) is 0 Å². The summed E-state index contributed by atoms with van der Waals surface area (Å²) in [5.41, 5.74) is 14.4. The fourth-order valence-corrected chi connectivity index (χ4v) is 2.22. The zero-order chi connectivity index (χ0) is 11.9. The van der Waals surface area contributed by atoms with Crippen molar-refractivity contribution in [3.8, 4) is 0 Å². The Kier molecular flexibility index (Phi) is 2.09. The second-order valence-corrected chi connectivity index (χ2v) is 4.35. The predicted octanol–water partition coefficient (Wildman–Crippen LogP) is 0.198. The molecule has 5 nitrogen and oxygen atoms in total. The highest BCUT2D eigenvalue weighted by Crippen LogP contribution is 2.30. The second-order valence-electron chi connectivity index (χ2n) is 4.35. The van der Waals surface area contributed by atoms with Crippen LogP contribution in [0.15, 0.2) is 35.5 Å². The number of nitrogens with zero attached hydrogens (tertiary/aromatic N) is 1. The first-order chi connectivity index (χ1) is 8.17. The van der Waals surface area contributed by atoms with Gasteiger partial charge in [0.15, 0.2) is 11.6 Å². The standard InChI is InChI=1S/C12H15N5/c13-11-16-6-4-12(14,17-11)9-2-1-8-3-5-15-10(8)7-9/h1-2,4,6-7,15H,3,5,14H2,(H3,13,16,17). The molecule has 17 heavy (non-hydrogen) atoms. The molecule has 0 bridgehead atoms. The van der Waals surface area contributed by atoms with E-state index < -0.39 is 5.66 Å². The van der Waals surface area contributed by atoms with Gasteiger partial charge in [-0.25, -0.2) is 4.99 Å². The van der Waals surface area contributed by atoms with Crippen LogP contribution < -0.4 is 22.1 Å². The number of nitrogens with one attached hydrogen (secondary N) is 2. The molecule has 5 heteroatoms. The number of hydrogen-bond donors (Lipinski definition) is 4. The average molecular weight is 229 g/mol. The third-order valence-electron chi connectivity index (χ3n) is 3.16. The summed E-state index contributed by atoms with van der Waals surface area (Å²) in [6.07, 6.45) is 4.60. The van der Waals surface area contributed by atoms with Crippen LogP contribution in [0.1, 0.15) is 11.1 Å². The normalized spacial score (nSPS) is 25.8. The van der Waals surface area contributed by atoms with Gasteiger partial charge in [-0.15, -0.1) is 0 Å². The summed E-state index contributed by atoms with van der Waals surface area (Å²) in [4.78, 5) is 4.26. The molecule has 1 aromatic carbocycles. The van der Waals surface area contributed by atoms with Crippen LogP contribution in [-0.2, 0) is 12.1 Å². The summed E-state index contributed by atoms with van der Waals surface area (Å²) in [5, 5.41) is 6.14. The topological polar surface area (TPSA) is 88.5 Å². The lowest BCUT2D eigenvalue weighted by Crippen LogP contribution is -2.42. The fraction of sp³-hybridized carbons (Fsp3) is 0.250. The molecule has 0 aliphatic carbocycles. The molecule has 2 aliphatic rings. The lowest BCUT2D eigenvalue weighted by Gasteiger charge is -2.26. The van der Waals surface area contributed by atoms with Gasteiger partial charge in [0.25, 0.3) is 0 Å². The molecule has 1 aromatic rings. The van der Waals surface area contributed by atoms with Crippen LogP contribution in [0, 0.1) is 0 Å². The van der Waals surface area contributed by atoms with Gasteiger partial charge in [0, 0.05) is 24.0 Å². The quantitative estimate of drug-likeness (QED) is 0.554. The molecular weight excluding hydrogens is 214 g/mol. The van der Waals surface area contributed by atoms with Gasteiger partial charge in [-0.1, -0.05) is 12.1 Å². The van der Waals surface area contributed by atoms with Crippen LogP contribution >= 0.6 is 0 Å². The number of nitrogens with two attached hydrogens (primary N) is 2. The zero-order valence-electron chi connectivity index (χ0n) is 9.40. The average Bonchev–Trinajstić information content (AvgIpc) is 2.75. The first kappa shape index (κ1) is 10.2. The molecule has 0 aromatic heterocycles. The number of guanidine groups is 1. The predicted molar refractivity (Wildman–Crippen MR) is 68.4 cm³/mol. The van der Waals surface area contributed by atoms with Crippen molar-refractivity contribution in [1.29, 1.82) is 0 Å². The van der Waals surface area contributed by atoms with Crippen LogP contribution in [0.5, 0.6) is 0 Å². The zero-order valence-corrected chi connectivity index (χ0v) is 9.40. The molecule has 0 amide bonds. The highest BCUT2D eigenvalue weighted by molar-refractivity contribution is 5.80. The van der Waals surface area contributed by atoms with Gasteiger partial charge in [-0.2, -0.15) is 0 Å². The molecule has 0 saturated carbocycles. The molecule has 6 N–H and O–H groups in total. The molecule has 0 fully saturated rings. The fourth-order valence-electron chi connectivity index (χ4n) is 2.22. The van der Waals surface area contributed by atoms with Crippen molar-refractivity contribution in [3.05, 3.63) is 41.6 Å². The summed E-state index contributed by atoms with van der Waals surface area (Å²) in [6, 6.07) is 6.16. The van der Waals surface area contributed by atoms with E-state index in [4.69, 9.17) is 11.5 Å². The molecule has 0 saturated heterocycles. The number of rotatable bonds is 1. The minimum absolute atomic E-state index is 0.337. The maximum absolute atomic E-state index is 6.24. The third kappa shape index (κ3) is 1.64. The van der Waals surface area contributed by atoms with Gasteiger partial charge in [-0.05, 0) is 24.1 Å². The summed E-state index contributed by atoms with van der Waals surface area (Å²) in [7, 11) is 0. The van der Waals surface area contributed by atoms with Crippen molar-refractivity contribution < 1.29 is 0 Å². The molecule has 0 spiro atoms. The van der Waals surface area contributed by atoms with Crippen molar-refractivity contribution in [2.45, 2.75) is 12.1 Å². The summed E-state index contributed by atoms with van der Waals surface area (Å²) >= 11 is 0. The molecule has 3 rings (SSSR count). The highest BCUT2D eigenvalue weighted by atomic mass is 15.2. The van der Waals surface area contributed by atoms with Crippen LogP contribution in [-0.4, -0.2) is 12.5 Å². The van der Waals surface area contributed by atoms with Crippen LogP contribution in [0.3, 0.4) is 0 Å². The van der Waals surface area contributed by atoms with Gasteiger partial charge in [0.1, 0.15) is 0 Å². The lowest BCUT2D eigenvalue weighted by atomic mass is 9.98. The van der Waals surface area contributed by atoms with Crippen molar-refractivity contribution in [2.75, 3.05) is 11.9 Å². The molecule has 0 radical (unpaired) electrons. The monoisotopic (exact) mass is 229 g/mol. The van der Waals surface area contributed by atoms with E-state index in [-0.39, 0.29) is 0 Å². The molecular formula is C12H15N5. The van der Waals surface area contributed by atoms with E-state index in [1.807, 2.05) is 6.07 Å². The Balaban J connectivity index is 2.04. The third-order valence-corrected chi connectivity index (χ3v) is 3.16. The highest BCUT2D eigenvalue weighted by Gasteiger charge is 2.27. The van der Waals surface area contributed by atoms with E-state index in [1.165, 1.54) is 5.56 Å². The Labute approximate surface area is 99.6 Å². The number of aliphatic imine (C=N–C) groups is 1. The number of benzene rings is 1. The molecule has 2 heterocycles. The maximum atomic E-state index is 6.24. The van der Waals surface area contributed by atoms with Gasteiger partial charge in [-0.3, -0.25) is 5.73 Å². The van der Waals surface area contributed by atoms with Crippen molar-refractivity contribution in [2.24, 2.45) is 16.5 Å². The molecule has 2 aliphatic heterocycles. The van der Waals surface area contributed by atoms with Gasteiger partial charge < -0.3 is 16.4 Å². The van der Waals surface area contributed by atoms with Gasteiger partial charge >= 0.3 is 0 Å². The Morgan fingerprint density at radius 1 is 1.35 bits per heavy atom. The number of fused-ring (bicyclic) bond motifs is 1. The smallest absolute Gasteiger partial charge is 0.195 e. The van der Waals surface area contributed by atoms with Gasteiger partial charge in [0.05, 0.1) is 0 Å². The minimum Gasteiger partial charge on any atom is -0.384 e. The van der Waals surface area contributed by atoms with Crippen molar-refractivity contribution in [1.82, 2.24) is 5.32 Å². The second kappa shape index (κ2) is 3.49. The Morgan fingerprint density at radius 2 is 2.24 bits per heavy atom. The van der Waals surface area contributed by atoms with E-state index in [2.05, 4.69) is 27.8 Å². The Bertz CT molecular complexity index is 520. The summed E-state index contributed by atoms with van der Waals surface area (Å²) < 4.78 is 0. The molecule has 1 unspecified atom stereocenters. The van der Waals surface area contributed by atoms with Crippen molar-refractivity contribution >= 4 is 11.6 Å². The van der Waals surface area contributed by atoms with Crippen LogP contribution in [0.4, 0.5) is 5.69 Å². The van der Waals surface area contributed by atoms with Crippen LogP contribution in [0.25, 0.3) is 0 Å². The van der Waals surface area contributed by atoms with Crippen molar-refractivity contribution in [3.63, 3.8) is 0 Å². The minimum atomic E-state index is -0.866. The number of hydrogen-bond acceptors (Lipinski definition) is 5. The first-order valence-corrected chi connectivity index (χ1v) is 5.63. The SMILES string of the molecule is NC1=NC(N)(c2ccc3c(c2)NCC3)C=CN1. The van der Waals surface area contributed by atoms with Crippen LogP contribution in [0.2, 0.25) is 0 Å². The van der Waals surface area contributed by atoms with E-state index >= 15 is 0 Å². The van der Waals surface area contributed by atoms with E-state index in [0.29, 0.717) is 5.96 Å². The number of anilines is 1. The maximum Gasteiger partial charge on any atom is 0.195 e. The Hall–Kier alpha value is -2.01. The van der Waals surface area contributed by atoms with E-state index in [0.717, 1.165) is 24.2 Å². The van der Waals surface area contributed by atoms with E-state index in [1.54, 1.807) is 12.3 Å². The summed E-state index contributed by atoms with van der Waals surface area (Å²) in [5.74, 6) is 0.337. The molecule has 1 atom stereocenters. The summed E-state index contributed by atoms with van der Waals surface area (Å²) in [6.45, 7) is 0.985. The molecule has 88 valence electrons. The Morgan fingerprint density at radius 3 is 3.06 bits per heavy atom. The first-order valence-electron chi connectivity index (χ1n) is 5.63. The lowest BCUT2D eigenvalue weighted by molar-refractivity contribution is 0.581. The van der Waals surface area contributed by atoms with Gasteiger partial charge in [0.2, 0.25) is 0 Å².